The van der Waals surface area contributed by atoms with E-state index in [1.165, 1.54) is 19.3 Å². The predicted octanol–water partition coefficient (Wildman–Crippen LogP) is 7.67. The smallest absolute Gasteiger partial charge is 0.109 e. The Hall–Kier alpha value is -2.28. The fourth-order valence-corrected chi connectivity index (χ4v) is 4.71. The maximum absolute atomic E-state index is 10.6. The number of benzene rings is 2. The summed E-state index contributed by atoms with van der Waals surface area (Å²) < 4.78 is 0. The van der Waals surface area contributed by atoms with Gasteiger partial charge in [-0.25, -0.2) is 4.98 Å². The average Bonchev–Trinajstić information content (AvgIpc) is 3.30. The number of H-pyrrole nitrogens is 1. The Bertz CT molecular complexity index is 964. The van der Waals surface area contributed by atoms with Crippen LogP contribution < -0.4 is 0 Å². The summed E-state index contributed by atoms with van der Waals surface area (Å²) in [6.07, 6.45) is 9.88. The van der Waals surface area contributed by atoms with Crippen LogP contribution in [-0.2, 0) is 5.41 Å². The fourth-order valence-electron chi connectivity index (χ4n) is 4.14. The van der Waals surface area contributed by atoms with E-state index in [1.807, 2.05) is 42.6 Å². The third-order valence-corrected chi connectivity index (χ3v) is 6.26. The molecule has 0 aliphatic carbocycles. The highest BCUT2D eigenvalue weighted by Crippen LogP contribution is 2.44. The molecular weight excluding hydrogens is 413 g/mol. The molecule has 1 heterocycles. The minimum Gasteiger partial charge on any atom is -0.348 e. The average molecular weight is 440 g/mol. The first kappa shape index (κ1) is 22.4. The lowest BCUT2D eigenvalue weighted by molar-refractivity contribution is 0.447. The van der Waals surface area contributed by atoms with E-state index in [4.69, 9.17) is 23.2 Å². The molecule has 3 nitrogen and oxygen atoms in total. The van der Waals surface area contributed by atoms with Gasteiger partial charge in [-0.2, -0.15) is 5.26 Å². The van der Waals surface area contributed by atoms with Crippen LogP contribution in [0.25, 0.3) is 0 Å². The quantitative estimate of drug-likeness (QED) is 0.329. The maximum atomic E-state index is 10.6. The molecule has 2 atom stereocenters. The van der Waals surface area contributed by atoms with Gasteiger partial charge in [0.25, 0.3) is 0 Å². The molecule has 5 heteroatoms. The van der Waals surface area contributed by atoms with Crippen molar-refractivity contribution in [1.82, 2.24) is 9.97 Å². The molecule has 156 valence electrons. The first-order chi connectivity index (χ1) is 14.6. The van der Waals surface area contributed by atoms with E-state index in [0.717, 1.165) is 29.8 Å². The second-order valence-electron chi connectivity index (χ2n) is 7.73. The molecule has 2 aromatic carbocycles. The summed E-state index contributed by atoms with van der Waals surface area (Å²) >= 11 is 12.8. The third-order valence-electron chi connectivity index (χ3n) is 5.71. The second-order valence-corrected chi connectivity index (χ2v) is 8.58. The number of hydrogen-bond acceptors (Lipinski definition) is 2. The number of aromatic amines is 1. The van der Waals surface area contributed by atoms with E-state index in [1.54, 1.807) is 18.3 Å². The van der Waals surface area contributed by atoms with Crippen LogP contribution in [0, 0.1) is 11.3 Å². The molecule has 30 heavy (non-hydrogen) atoms. The van der Waals surface area contributed by atoms with Crippen LogP contribution in [0.4, 0.5) is 0 Å². The number of rotatable bonds is 10. The molecule has 0 bridgehead atoms. The van der Waals surface area contributed by atoms with Gasteiger partial charge in [0.2, 0.25) is 0 Å². The number of nitrogens with zero attached hydrogens (tertiary/aromatic N) is 2. The molecule has 0 amide bonds. The molecule has 1 aromatic heterocycles. The molecule has 0 fully saturated rings. The highest BCUT2D eigenvalue weighted by atomic mass is 35.5. The molecule has 0 spiro atoms. The van der Waals surface area contributed by atoms with Gasteiger partial charge in [-0.05, 0) is 36.1 Å². The monoisotopic (exact) mass is 439 g/mol. The van der Waals surface area contributed by atoms with Crippen LogP contribution in [0.1, 0.15) is 68.3 Å². The van der Waals surface area contributed by atoms with Crippen molar-refractivity contribution in [3.05, 3.63) is 87.9 Å². The van der Waals surface area contributed by atoms with E-state index < -0.39 is 5.41 Å². The first-order valence-electron chi connectivity index (χ1n) is 10.5. The Morgan fingerprint density at radius 1 is 1.10 bits per heavy atom. The van der Waals surface area contributed by atoms with Crippen molar-refractivity contribution in [2.45, 2.75) is 56.8 Å². The molecule has 0 saturated carbocycles. The van der Waals surface area contributed by atoms with Crippen molar-refractivity contribution >= 4 is 23.2 Å². The molecule has 2 unspecified atom stereocenters. The number of aromatic nitrogens is 2. The van der Waals surface area contributed by atoms with E-state index in [9.17, 15) is 5.26 Å². The van der Waals surface area contributed by atoms with Crippen molar-refractivity contribution in [1.29, 1.82) is 5.26 Å². The van der Waals surface area contributed by atoms with E-state index in [2.05, 4.69) is 23.0 Å². The normalized spacial score (nSPS) is 14.1. The van der Waals surface area contributed by atoms with Gasteiger partial charge < -0.3 is 4.98 Å². The number of hydrogen-bond donors (Lipinski definition) is 1. The highest BCUT2D eigenvalue weighted by Gasteiger charge is 2.39. The van der Waals surface area contributed by atoms with Crippen LogP contribution in [-0.4, -0.2) is 9.97 Å². The maximum Gasteiger partial charge on any atom is 0.109 e. The number of unbranched alkanes of at least 4 members (excludes halogenated alkanes) is 3. The Balaban J connectivity index is 2.05. The SMILES string of the molecule is CCCCCCC(CC(C#N)(c1ccccc1)c1ccc(Cl)cc1Cl)c1ncc[nH]1. The lowest BCUT2D eigenvalue weighted by Crippen LogP contribution is -2.29. The zero-order valence-electron chi connectivity index (χ0n) is 17.2. The van der Waals surface area contributed by atoms with Gasteiger partial charge in [0, 0.05) is 28.4 Å². The molecular formula is C25H27Cl2N3. The second kappa shape index (κ2) is 10.7. The largest absolute Gasteiger partial charge is 0.348 e. The lowest BCUT2D eigenvalue weighted by Gasteiger charge is -2.32. The lowest BCUT2D eigenvalue weighted by atomic mass is 9.69. The Morgan fingerprint density at radius 3 is 2.53 bits per heavy atom. The van der Waals surface area contributed by atoms with E-state index in [-0.39, 0.29) is 5.92 Å². The number of imidazole rings is 1. The number of nitrogens with one attached hydrogen (secondary N) is 1. The topological polar surface area (TPSA) is 52.5 Å². The van der Waals surface area contributed by atoms with Gasteiger partial charge in [-0.3, -0.25) is 0 Å². The van der Waals surface area contributed by atoms with Crippen molar-refractivity contribution < 1.29 is 0 Å². The van der Waals surface area contributed by atoms with Crippen molar-refractivity contribution in [2.75, 3.05) is 0 Å². The molecule has 0 aliphatic heterocycles. The molecule has 0 aliphatic rings. The summed E-state index contributed by atoms with van der Waals surface area (Å²) in [6, 6.07) is 17.9. The Kier molecular flexibility index (Phi) is 7.96. The van der Waals surface area contributed by atoms with Crippen molar-refractivity contribution in [3.8, 4) is 6.07 Å². The first-order valence-corrected chi connectivity index (χ1v) is 11.3. The van der Waals surface area contributed by atoms with E-state index in [0.29, 0.717) is 16.5 Å². The van der Waals surface area contributed by atoms with Crippen LogP contribution in [0.15, 0.2) is 60.9 Å². The summed E-state index contributed by atoms with van der Waals surface area (Å²) in [4.78, 5) is 7.82. The van der Waals surface area contributed by atoms with Gasteiger partial charge in [0.1, 0.15) is 11.2 Å². The molecule has 0 saturated heterocycles. The molecule has 1 N–H and O–H groups in total. The van der Waals surface area contributed by atoms with Crippen molar-refractivity contribution in [3.63, 3.8) is 0 Å². The molecule has 3 aromatic rings. The van der Waals surface area contributed by atoms with Crippen molar-refractivity contribution in [2.24, 2.45) is 0 Å². The van der Waals surface area contributed by atoms with Gasteiger partial charge in [-0.1, -0.05) is 92.2 Å². The Morgan fingerprint density at radius 2 is 1.90 bits per heavy atom. The molecule has 3 rings (SSSR count). The highest BCUT2D eigenvalue weighted by molar-refractivity contribution is 6.35. The van der Waals surface area contributed by atoms with Gasteiger partial charge in [0.05, 0.1) is 6.07 Å². The summed E-state index contributed by atoms with van der Waals surface area (Å²) in [5, 5.41) is 11.6. The van der Waals surface area contributed by atoms with Crippen LogP contribution >= 0.6 is 23.2 Å². The minimum atomic E-state index is -0.898. The minimum absolute atomic E-state index is 0.114. The number of halogens is 2. The van der Waals surface area contributed by atoms with Crippen LogP contribution in [0.2, 0.25) is 10.0 Å². The van der Waals surface area contributed by atoms with Gasteiger partial charge >= 0.3 is 0 Å². The Labute approximate surface area is 189 Å². The van der Waals surface area contributed by atoms with Gasteiger partial charge in [-0.15, -0.1) is 0 Å². The summed E-state index contributed by atoms with van der Waals surface area (Å²) in [5.41, 5.74) is 0.819. The summed E-state index contributed by atoms with van der Waals surface area (Å²) in [7, 11) is 0. The van der Waals surface area contributed by atoms with Crippen LogP contribution in [0.5, 0.6) is 0 Å². The predicted molar refractivity (Wildman–Crippen MR) is 124 cm³/mol. The standard InChI is InChI=1S/C25H27Cl2N3/c1-2-3-4-6-9-19(24-29-14-15-30-24)17-25(18-28,20-10-7-5-8-11-20)22-13-12-21(26)16-23(22)27/h5,7-8,10-16,19H,2-4,6,9,17H2,1H3,(H,29,30). The van der Waals surface area contributed by atoms with E-state index >= 15 is 0 Å². The summed E-state index contributed by atoms with van der Waals surface area (Å²) in [5.74, 6) is 1.04. The molecule has 0 radical (unpaired) electrons. The zero-order valence-corrected chi connectivity index (χ0v) is 18.8. The third kappa shape index (κ3) is 5.06. The fraction of sp³-hybridized carbons (Fsp3) is 0.360. The zero-order chi connectivity index (χ0) is 21.4. The summed E-state index contributed by atoms with van der Waals surface area (Å²) in [6.45, 7) is 2.21. The van der Waals surface area contributed by atoms with Crippen LogP contribution in [0.3, 0.4) is 0 Å². The number of nitriles is 1. The van der Waals surface area contributed by atoms with Gasteiger partial charge in [0.15, 0.2) is 0 Å².